The number of benzene rings is 1. The van der Waals surface area contributed by atoms with E-state index in [1.165, 1.54) is 4.98 Å². The lowest BCUT2D eigenvalue weighted by atomic mass is 10.1. The minimum atomic E-state index is -5.38. The molecular formula is C10H3F9N2. The summed E-state index contributed by atoms with van der Waals surface area (Å²) >= 11 is 0. The van der Waals surface area contributed by atoms with Crippen LogP contribution in [-0.2, 0) is 18.5 Å². The number of hydrogen-bond donors (Lipinski definition) is 1. The lowest BCUT2D eigenvalue weighted by Gasteiger charge is -2.15. The second kappa shape index (κ2) is 4.28. The molecule has 0 aliphatic carbocycles. The van der Waals surface area contributed by atoms with E-state index in [0.29, 0.717) is 0 Å². The highest BCUT2D eigenvalue weighted by Crippen LogP contribution is 2.42. The number of rotatable bonds is 0. The third-order valence-electron chi connectivity index (χ3n) is 2.50. The zero-order valence-corrected chi connectivity index (χ0v) is 9.50. The largest absolute Gasteiger partial charge is 0.449 e. The maximum atomic E-state index is 12.6. The third-order valence-corrected chi connectivity index (χ3v) is 2.50. The Hall–Kier alpha value is -1.94. The van der Waals surface area contributed by atoms with Crippen molar-refractivity contribution >= 4 is 11.0 Å². The molecule has 0 aliphatic heterocycles. The van der Waals surface area contributed by atoms with Crippen LogP contribution in [0, 0.1) is 0 Å². The molecule has 0 spiro atoms. The number of imidazole rings is 1. The van der Waals surface area contributed by atoms with Gasteiger partial charge in [-0.2, -0.15) is 39.5 Å². The van der Waals surface area contributed by atoms with Crippen molar-refractivity contribution in [2.75, 3.05) is 0 Å². The Labute approximate surface area is 109 Å². The summed E-state index contributed by atoms with van der Waals surface area (Å²) in [5.41, 5.74) is -5.83. The number of halogens is 9. The number of aromatic nitrogens is 2. The summed E-state index contributed by atoms with van der Waals surface area (Å²) in [6.07, 6.45) is -15.8. The van der Waals surface area contributed by atoms with Crippen LogP contribution in [0.2, 0.25) is 0 Å². The molecule has 1 N–H and O–H groups in total. The lowest BCUT2D eigenvalue weighted by molar-refractivity contribution is -0.161. The van der Waals surface area contributed by atoms with Crippen molar-refractivity contribution in [1.29, 1.82) is 0 Å². The molecule has 0 saturated heterocycles. The Morgan fingerprint density at radius 2 is 1.19 bits per heavy atom. The summed E-state index contributed by atoms with van der Waals surface area (Å²) in [4.78, 5) is 4.36. The topological polar surface area (TPSA) is 28.7 Å². The molecule has 2 nitrogen and oxygen atoms in total. The molecule has 0 fully saturated rings. The number of alkyl halides is 9. The molecule has 116 valence electrons. The smallest absolute Gasteiger partial charge is 0.334 e. The fourth-order valence-corrected chi connectivity index (χ4v) is 1.66. The summed E-state index contributed by atoms with van der Waals surface area (Å²) in [5, 5.41) is 0. The quantitative estimate of drug-likeness (QED) is 0.705. The minimum Gasteiger partial charge on any atom is -0.334 e. The second-order valence-electron chi connectivity index (χ2n) is 3.99. The van der Waals surface area contributed by atoms with Gasteiger partial charge >= 0.3 is 18.5 Å². The fraction of sp³-hybridized carbons (Fsp3) is 0.300. The average Bonchev–Trinajstić information content (AvgIpc) is 2.66. The first kappa shape index (κ1) is 15.4. The van der Waals surface area contributed by atoms with Gasteiger partial charge in [-0.25, -0.2) is 4.98 Å². The van der Waals surface area contributed by atoms with Gasteiger partial charge in [0.25, 0.3) is 0 Å². The lowest BCUT2D eigenvalue weighted by Crippen LogP contribution is -2.16. The maximum Gasteiger partial charge on any atom is 0.449 e. The third kappa shape index (κ3) is 2.90. The number of nitrogens with zero attached hydrogens (tertiary/aromatic N) is 1. The van der Waals surface area contributed by atoms with Crippen LogP contribution in [0.4, 0.5) is 39.5 Å². The Morgan fingerprint density at radius 1 is 0.714 bits per heavy atom. The molecule has 0 aliphatic rings. The van der Waals surface area contributed by atoms with Gasteiger partial charge in [0.05, 0.1) is 22.2 Å². The standard InChI is InChI=1S/C10H3F9N2/c11-8(12,13)3-1-5-6(2-4(3)9(14,15)16)21-7(20-5)10(17,18)19/h1-2H,(H,20,21). The average molecular weight is 322 g/mol. The number of fused-ring (bicyclic) bond motifs is 1. The summed E-state index contributed by atoms with van der Waals surface area (Å²) < 4.78 is 113. The van der Waals surface area contributed by atoms with Gasteiger partial charge in [0.1, 0.15) is 0 Å². The van der Waals surface area contributed by atoms with E-state index in [2.05, 4.69) is 4.98 Å². The highest BCUT2D eigenvalue weighted by molar-refractivity contribution is 5.78. The molecule has 0 unspecified atom stereocenters. The monoisotopic (exact) mass is 322 g/mol. The summed E-state index contributed by atoms with van der Waals surface area (Å²) in [7, 11) is 0. The number of H-pyrrole nitrogens is 1. The van der Waals surface area contributed by atoms with Gasteiger partial charge in [0.15, 0.2) is 0 Å². The Kier molecular flexibility index (Phi) is 3.15. The van der Waals surface area contributed by atoms with E-state index < -0.39 is 46.5 Å². The number of hydrogen-bond acceptors (Lipinski definition) is 1. The SMILES string of the molecule is FC(F)(F)c1nc2cc(C(F)(F)F)c(C(F)(F)F)cc2[nH]1. The molecule has 0 bridgehead atoms. The molecule has 2 rings (SSSR count). The van der Waals surface area contributed by atoms with E-state index in [0.717, 1.165) is 0 Å². The molecule has 11 heteroatoms. The molecule has 2 aromatic rings. The van der Waals surface area contributed by atoms with Crippen molar-refractivity contribution in [2.24, 2.45) is 0 Å². The molecule has 0 atom stereocenters. The highest BCUT2D eigenvalue weighted by atomic mass is 19.4. The first-order chi connectivity index (χ1) is 9.30. The zero-order valence-electron chi connectivity index (χ0n) is 9.50. The van der Waals surface area contributed by atoms with Gasteiger partial charge in [-0.3, -0.25) is 0 Å². The van der Waals surface area contributed by atoms with Crippen molar-refractivity contribution in [3.05, 3.63) is 29.1 Å². The van der Waals surface area contributed by atoms with Gasteiger partial charge in [-0.1, -0.05) is 0 Å². The number of aromatic amines is 1. The Morgan fingerprint density at radius 3 is 1.62 bits per heavy atom. The minimum absolute atomic E-state index is 0.0413. The first-order valence-corrected chi connectivity index (χ1v) is 5.05. The summed E-state index contributed by atoms with van der Waals surface area (Å²) in [5.74, 6) is -1.68. The van der Waals surface area contributed by atoms with E-state index in [4.69, 9.17) is 0 Å². The van der Waals surface area contributed by atoms with Crippen molar-refractivity contribution in [2.45, 2.75) is 18.5 Å². The van der Waals surface area contributed by atoms with Crippen molar-refractivity contribution < 1.29 is 39.5 Å². The van der Waals surface area contributed by atoms with Crippen LogP contribution < -0.4 is 0 Å². The van der Waals surface area contributed by atoms with Crippen LogP contribution >= 0.6 is 0 Å². The van der Waals surface area contributed by atoms with Gasteiger partial charge in [-0.15, -0.1) is 0 Å². The summed E-state index contributed by atoms with van der Waals surface area (Å²) in [6.45, 7) is 0. The zero-order chi connectivity index (χ0) is 16.2. The van der Waals surface area contributed by atoms with Crippen molar-refractivity contribution in [3.8, 4) is 0 Å². The fourth-order valence-electron chi connectivity index (χ4n) is 1.66. The molecule has 0 radical (unpaired) electrons. The van der Waals surface area contributed by atoms with Gasteiger partial charge in [0, 0.05) is 0 Å². The van der Waals surface area contributed by atoms with Crippen LogP contribution in [-0.4, -0.2) is 9.97 Å². The van der Waals surface area contributed by atoms with Gasteiger partial charge in [0.2, 0.25) is 5.82 Å². The number of nitrogens with one attached hydrogen (secondary N) is 1. The van der Waals surface area contributed by atoms with Crippen LogP contribution in [0.15, 0.2) is 12.1 Å². The second-order valence-corrected chi connectivity index (χ2v) is 3.99. The Balaban J connectivity index is 2.77. The predicted molar refractivity (Wildman–Crippen MR) is 51.1 cm³/mol. The van der Waals surface area contributed by atoms with Gasteiger partial charge in [-0.05, 0) is 12.1 Å². The summed E-state index contributed by atoms with van der Waals surface area (Å²) in [6, 6.07) is -0.107. The molecule has 1 aromatic carbocycles. The van der Waals surface area contributed by atoms with Gasteiger partial charge < -0.3 is 4.98 Å². The van der Waals surface area contributed by atoms with Crippen LogP contribution in [0.5, 0.6) is 0 Å². The Bertz CT molecular complexity index is 624. The first-order valence-electron chi connectivity index (χ1n) is 5.05. The van der Waals surface area contributed by atoms with E-state index in [1.807, 2.05) is 0 Å². The van der Waals surface area contributed by atoms with E-state index in [-0.39, 0.29) is 12.1 Å². The van der Waals surface area contributed by atoms with E-state index in [1.54, 1.807) is 0 Å². The highest BCUT2D eigenvalue weighted by Gasteiger charge is 2.44. The van der Waals surface area contributed by atoms with E-state index in [9.17, 15) is 39.5 Å². The molecule has 0 amide bonds. The molecule has 1 aromatic heterocycles. The maximum absolute atomic E-state index is 12.6. The van der Waals surface area contributed by atoms with Crippen LogP contribution in [0.25, 0.3) is 11.0 Å². The predicted octanol–water partition coefficient (Wildman–Crippen LogP) is 4.62. The normalized spacial score (nSPS) is 14.0. The van der Waals surface area contributed by atoms with E-state index >= 15 is 0 Å². The molecule has 21 heavy (non-hydrogen) atoms. The molecular weight excluding hydrogens is 319 g/mol. The molecule has 0 saturated carbocycles. The van der Waals surface area contributed by atoms with Crippen molar-refractivity contribution in [1.82, 2.24) is 9.97 Å². The van der Waals surface area contributed by atoms with Crippen molar-refractivity contribution in [3.63, 3.8) is 0 Å². The van der Waals surface area contributed by atoms with Crippen LogP contribution in [0.3, 0.4) is 0 Å². The van der Waals surface area contributed by atoms with Crippen LogP contribution in [0.1, 0.15) is 17.0 Å². The molecule has 1 heterocycles.